The molecule has 0 amide bonds. The lowest BCUT2D eigenvalue weighted by Gasteiger charge is -2.13. The van der Waals surface area contributed by atoms with Gasteiger partial charge in [0.25, 0.3) is 0 Å². The first-order valence-electron chi connectivity index (χ1n) is 3.66. The van der Waals surface area contributed by atoms with Gasteiger partial charge in [0.2, 0.25) is 0 Å². The molecule has 0 bridgehead atoms. The maximum absolute atomic E-state index is 11.0. The van der Waals surface area contributed by atoms with Crippen LogP contribution in [-0.4, -0.2) is 5.78 Å². The van der Waals surface area contributed by atoms with E-state index in [1.807, 2.05) is 0 Å². The molecule has 0 saturated heterocycles. The normalized spacial score (nSPS) is 24.2. The van der Waals surface area contributed by atoms with E-state index in [4.69, 9.17) is 0 Å². The van der Waals surface area contributed by atoms with Gasteiger partial charge < -0.3 is 0 Å². The minimum absolute atomic E-state index is 0.198. The quantitative estimate of drug-likeness (QED) is 0.419. The Morgan fingerprint density at radius 2 is 2.40 bits per heavy atom. The van der Waals surface area contributed by atoms with Crippen LogP contribution in [0.5, 0.6) is 0 Å². The van der Waals surface area contributed by atoms with Gasteiger partial charge in [-0.3, -0.25) is 4.79 Å². The van der Waals surface area contributed by atoms with Gasteiger partial charge in [-0.1, -0.05) is 18.7 Å². The molecule has 0 aromatic heterocycles. The number of hydrogen-bond donors (Lipinski definition) is 0. The van der Waals surface area contributed by atoms with E-state index in [1.165, 1.54) is 6.08 Å². The molecule has 0 spiro atoms. The fraction of sp³-hybridized carbons (Fsp3) is 0.444. The number of carbonyl (C=O) groups excluding carboxylic acids is 1. The van der Waals surface area contributed by atoms with E-state index in [-0.39, 0.29) is 11.7 Å². The molecule has 1 heteroatoms. The van der Waals surface area contributed by atoms with E-state index in [0.29, 0.717) is 0 Å². The second-order valence-corrected chi connectivity index (χ2v) is 2.59. The average Bonchev–Trinajstić information content (AvgIpc) is 2.05. The van der Waals surface area contributed by atoms with E-state index in [1.54, 1.807) is 0 Å². The van der Waals surface area contributed by atoms with Gasteiger partial charge in [-0.25, -0.2) is 0 Å². The average molecular weight is 136 g/mol. The number of rotatable bonds is 2. The minimum atomic E-state index is 0.198. The molecule has 0 fully saturated rings. The first kappa shape index (κ1) is 7.26. The minimum Gasteiger partial charge on any atom is -0.295 e. The van der Waals surface area contributed by atoms with Crippen LogP contribution in [0, 0.1) is 5.92 Å². The molecule has 0 radical (unpaired) electrons. The van der Waals surface area contributed by atoms with E-state index >= 15 is 0 Å². The summed E-state index contributed by atoms with van der Waals surface area (Å²) in [6, 6.07) is 0. The Morgan fingerprint density at radius 1 is 1.60 bits per heavy atom. The summed E-state index contributed by atoms with van der Waals surface area (Å²) in [7, 11) is 0. The third kappa shape index (κ3) is 1.56. The maximum Gasteiger partial charge on any atom is 0.158 e. The Morgan fingerprint density at radius 3 is 2.90 bits per heavy atom. The van der Waals surface area contributed by atoms with Gasteiger partial charge in [0.05, 0.1) is 0 Å². The van der Waals surface area contributed by atoms with Gasteiger partial charge in [0.1, 0.15) is 0 Å². The topological polar surface area (TPSA) is 17.1 Å². The SMILES string of the molecule is C=CC(=O)C1CC=CCC1. The first-order valence-corrected chi connectivity index (χ1v) is 3.66. The van der Waals surface area contributed by atoms with Crippen molar-refractivity contribution < 1.29 is 4.79 Å². The van der Waals surface area contributed by atoms with Crippen LogP contribution in [0.4, 0.5) is 0 Å². The largest absolute Gasteiger partial charge is 0.295 e. The highest BCUT2D eigenvalue weighted by Crippen LogP contribution is 2.18. The zero-order valence-corrected chi connectivity index (χ0v) is 6.05. The van der Waals surface area contributed by atoms with Crippen LogP contribution < -0.4 is 0 Å². The van der Waals surface area contributed by atoms with Gasteiger partial charge >= 0.3 is 0 Å². The van der Waals surface area contributed by atoms with Crippen molar-refractivity contribution in [2.75, 3.05) is 0 Å². The summed E-state index contributed by atoms with van der Waals surface area (Å²) in [4.78, 5) is 11.0. The highest BCUT2D eigenvalue weighted by atomic mass is 16.1. The number of ketones is 1. The van der Waals surface area contributed by atoms with Crippen molar-refractivity contribution >= 4 is 5.78 Å². The van der Waals surface area contributed by atoms with Crippen molar-refractivity contribution in [2.24, 2.45) is 5.92 Å². The van der Waals surface area contributed by atoms with Crippen LogP contribution in [0.15, 0.2) is 24.8 Å². The van der Waals surface area contributed by atoms with Crippen LogP contribution in [0.1, 0.15) is 19.3 Å². The van der Waals surface area contributed by atoms with E-state index in [2.05, 4.69) is 18.7 Å². The van der Waals surface area contributed by atoms with Gasteiger partial charge in [0.15, 0.2) is 5.78 Å². The molecule has 1 aliphatic rings. The molecule has 0 heterocycles. The molecular formula is C9H12O. The summed E-state index contributed by atoms with van der Waals surface area (Å²) in [6.45, 7) is 3.46. The monoisotopic (exact) mass is 136 g/mol. The first-order chi connectivity index (χ1) is 4.84. The molecule has 10 heavy (non-hydrogen) atoms. The van der Waals surface area contributed by atoms with Crippen LogP contribution in [0.25, 0.3) is 0 Å². The molecule has 0 N–H and O–H groups in total. The summed E-state index contributed by atoms with van der Waals surface area (Å²) < 4.78 is 0. The van der Waals surface area contributed by atoms with E-state index < -0.39 is 0 Å². The summed E-state index contributed by atoms with van der Waals surface area (Å²) >= 11 is 0. The zero-order valence-electron chi connectivity index (χ0n) is 6.05. The summed E-state index contributed by atoms with van der Waals surface area (Å²) in [5.74, 6) is 0.423. The molecule has 0 aliphatic heterocycles. The van der Waals surface area contributed by atoms with Crippen LogP contribution in [0.2, 0.25) is 0 Å². The molecule has 1 unspecified atom stereocenters. The van der Waals surface area contributed by atoms with Crippen LogP contribution in [0.3, 0.4) is 0 Å². The molecule has 1 atom stereocenters. The van der Waals surface area contributed by atoms with Crippen LogP contribution >= 0.6 is 0 Å². The molecule has 1 rings (SSSR count). The molecule has 0 aromatic carbocycles. The second kappa shape index (κ2) is 3.35. The van der Waals surface area contributed by atoms with Gasteiger partial charge in [-0.2, -0.15) is 0 Å². The third-order valence-corrected chi connectivity index (χ3v) is 1.87. The van der Waals surface area contributed by atoms with E-state index in [9.17, 15) is 4.79 Å². The second-order valence-electron chi connectivity index (χ2n) is 2.59. The maximum atomic E-state index is 11.0. The Balaban J connectivity index is 2.49. The Bertz CT molecular complexity index is 168. The lowest BCUT2D eigenvalue weighted by atomic mass is 9.91. The van der Waals surface area contributed by atoms with E-state index in [0.717, 1.165) is 19.3 Å². The summed E-state index contributed by atoms with van der Waals surface area (Å²) in [6.07, 6.45) is 8.60. The van der Waals surface area contributed by atoms with Crippen molar-refractivity contribution in [1.82, 2.24) is 0 Å². The number of hydrogen-bond acceptors (Lipinski definition) is 1. The molecule has 54 valence electrons. The lowest BCUT2D eigenvalue weighted by molar-refractivity contribution is -0.118. The van der Waals surface area contributed by atoms with Gasteiger partial charge in [-0.15, -0.1) is 0 Å². The molecule has 1 aliphatic carbocycles. The smallest absolute Gasteiger partial charge is 0.158 e. The van der Waals surface area contributed by atoms with Crippen molar-refractivity contribution in [3.8, 4) is 0 Å². The van der Waals surface area contributed by atoms with Crippen molar-refractivity contribution in [3.63, 3.8) is 0 Å². The molecular weight excluding hydrogens is 124 g/mol. The highest BCUT2D eigenvalue weighted by Gasteiger charge is 2.14. The highest BCUT2D eigenvalue weighted by molar-refractivity contribution is 5.91. The predicted molar refractivity (Wildman–Crippen MR) is 41.7 cm³/mol. The van der Waals surface area contributed by atoms with Crippen molar-refractivity contribution in [2.45, 2.75) is 19.3 Å². The third-order valence-electron chi connectivity index (χ3n) is 1.87. The number of carbonyl (C=O) groups is 1. The van der Waals surface area contributed by atoms with Crippen LogP contribution in [-0.2, 0) is 4.79 Å². The fourth-order valence-electron chi connectivity index (χ4n) is 1.22. The summed E-state index contributed by atoms with van der Waals surface area (Å²) in [5, 5.41) is 0. The zero-order chi connectivity index (χ0) is 7.40. The fourth-order valence-corrected chi connectivity index (χ4v) is 1.22. The number of allylic oxidation sites excluding steroid dienone is 3. The molecule has 0 saturated carbocycles. The van der Waals surface area contributed by atoms with Gasteiger partial charge in [0, 0.05) is 5.92 Å². The standard InChI is InChI=1S/C9H12O/c1-2-9(10)8-6-4-3-5-7-8/h2-4,8H,1,5-7H2. The van der Waals surface area contributed by atoms with Gasteiger partial charge in [-0.05, 0) is 25.3 Å². The predicted octanol–water partition coefficient (Wildman–Crippen LogP) is 2.10. The van der Waals surface area contributed by atoms with Crippen molar-refractivity contribution in [1.29, 1.82) is 0 Å². The lowest BCUT2D eigenvalue weighted by Crippen LogP contribution is -2.12. The Hall–Kier alpha value is -0.850. The molecule has 1 nitrogen and oxygen atoms in total. The Labute approximate surface area is 61.4 Å². The molecule has 0 aromatic rings. The summed E-state index contributed by atoms with van der Waals surface area (Å²) in [5.41, 5.74) is 0. The Kier molecular flexibility index (Phi) is 2.43. The van der Waals surface area contributed by atoms with Crippen molar-refractivity contribution in [3.05, 3.63) is 24.8 Å².